The van der Waals surface area contributed by atoms with Crippen LogP contribution in [0.5, 0.6) is 0 Å². The molecule has 0 aromatic rings. The molecule has 0 fully saturated rings. The summed E-state index contributed by atoms with van der Waals surface area (Å²) in [5, 5.41) is 0. The summed E-state index contributed by atoms with van der Waals surface area (Å²) in [5.41, 5.74) is 0. The molecular weight excluding hydrogens is 79.1 g/mol. The third-order valence-corrected chi connectivity index (χ3v) is 0. The van der Waals surface area contributed by atoms with E-state index in [1.807, 2.05) is 0 Å². The molecule has 0 amide bonds. The number of halogens is 1. The molecule has 0 bridgehead atoms. The molecule has 0 aliphatic carbocycles. The van der Waals surface area contributed by atoms with Crippen LogP contribution in [0.1, 0.15) is 20.3 Å². The molecule has 0 aromatic carbocycles. The van der Waals surface area contributed by atoms with Crippen molar-refractivity contribution in [2.24, 2.45) is 0 Å². The van der Waals surface area contributed by atoms with Gasteiger partial charge in [-0.3, -0.25) is 0 Å². The van der Waals surface area contributed by atoms with Gasteiger partial charge in [-0.2, -0.15) is 0 Å². The highest BCUT2D eigenvalue weighted by Gasteiger charge is 1.35. The minimum atomic E-state index is 0.250. The Kier molecular flexibility index (Phi) is 34.5. The molecule has 0 aromatic heterocycles. The lowest BCUT2D eigenvalue weighted by Crippen LogP contribution is -1.27. The SMILES string of the molecule is C=CF.CCC. The summed E-state index contributed by atoms with van der Waals surface area (Å²) in [5.74, 6) is 0. The third-order valence-electron chi connectivity index (χ3n) is 0. The van der Waals surface area contributed by atoms with Crippen LogP contribution >= 0.6 is 0 Å². The molecular formula is C5H11F. The summed E-state index contributed by atoms with van der Waals surface area (Å²) in [6, 6.07) is 0. The fraction of sp³-hybridized carbons (Fsp3) is 0.600. The predicted octanol–water partition coefficient (Wildman–Crippen LogP) is 2.52. The van der Waals surface area contributed by atoms with Gasteiger partial charge in [-0.15, -0.1) is 0 Å². The third kappa shape index (κ3) is 240. The zero-order valence-electron chi connectivity index (χ0n) is 4.37. The lowest BCUT2D eigenvalue weighted by molar-refractivity contribution is 0.725. The van der Waals surface area contributed by atoms with Crippen LogP contribution in [-0.4, -0.2) is 0 Å². The first-order valence-electron chi connectivity index (χ1n) is 2.04. The molecule has 0 nitrogen and oxygen atoms in total. The van der Waals surface area contributed by atoms with Crippen LogP contribution in [-0.2, 0) is 0 Å². The Labute approximate surface area is 38.7 Å². The molecule has 0 aliphatic heterocycles. The maximum Gasteiger partial charge on any atom is 0.0795 e. The zero-order chi connectivity index (χ0) is 5.41. The molecule has 0 radical (unpaired) electrons. The normalized spacial score (nSPS) is 5.17. The molecule has 0 spiro atoms. The van der Waals surface area contributed by atoms with Gasteiger partial charge in [0.05, 0.1) is 6.33 Å². The van der Waals surface area contributed by atoms with E-state index in [0.717, 1.165) is 0 Å². The van der Waals surface area contributed by atoms with Crippen molar-refractivity contribution in [3.63, 3.8) is 0 Å². The molecule has 0 saturated carbocycles. The highest BCUT2D eigenvalue weighted by Crippen LogP contribution is 1.56. The Morgan fingerprint density at radius 3 is 1.67 bits per heavy atom. The largest absolute Gasteiger partial charge is 0.216 e. The standard InChI is InChI=1S/C3H8.C2H3F/c1-3-2;1-2-3/h3H2,1-2H3;2H,1H2. The quantitative estimate of drug-likeness (QED) is 0.428. The van der Waals surface area contributed by atoms with Crippen LogP contribution in [0.4, 0.5) is 4.39 Å². The van der Waals surface area contributed by atoms with Gasteiger partial charge in [-0.1, -0.05) is 26.8 Å². The molecule has 0 aliphatic rings. The average Bonchev–Trinajstić information content (AvgIpc) is 1.39. The van der Waals surface area contributed by atoms with Crippen molar-refractivity contribution >= 4 is 0 Å². The molecule has 0 N–H and O–H groups in total. The smallest absolute Gasteiger partial charge is 0.0795 e. The van der Waals surface area contributed by atoms with Crippen molar-refractivity contribution in [2.75, 3.05) is 0 Å². The molecule has 0 rings (SSSR count). The van der Waals surface area contributed by atoms with E-state index < -0.39 is 0 Å². The van der Waals surface area contributed by atoms with Crippen LogP contribution in [0.15, 0.2) is 12.9 Å². The Morgan fingerprint density at radius 2 is 1.67 bits per heavy atom. The van der Waals surface area contributed by atoms with Gasteiger partial charge in [0.2, 0.25) is 0 Å². The highest BCUT2D eigenvalue weighted by atomic mass is 19.1. The molecule has 6 heavy (non-hydrogen) atoms. The van der Waals surface area contributed by atoms with Gasteiger partial charge < -0.3 is 0 Å². The summed E-state index contributed by atoms with van der Waals surface area (Å²) in [7, 11) is 0. The van der Waals surface area contributed by atoms with E-state index in [1.165, 1.54) is 6.42 Å². The van der Waals surface area contributed by atoms with E-state index in [4.69, 9.17) is 0 Å². The second-order valence-electron chi connectivity index (χ2n) is 0.861. The molecule has 0 atom stereocenters. The Bertz CT molecular complexity index is 17.9. The van der Waals surface area contributed by atoms with E-state index in [-0.39, 0.29) is 6.33 Å². The number of hydrogen-bond acceptors (Lipinski definition) is 0. The molecule has 0 heterocycles. The zero-order valence-corrected chi connectivity index (χ0v) is 4.37. The number of rotatable bonds is 0. The summed E-state index contributed by atoms with van der Waals surface area (Å²) in [6.45, 7) is 6.94. The van der Waals surface area contributed by atoms with Gasteiger partial charge in [0, 0.05) is 0 Å². The Morgan fingerprint density at radius 1 is 1.67 bits per heavy atom. The van der Waals surface area contributed by atoms with Crippen molar-refractivity contribution in [1.82, 2.24) is 0 Å². The van der Waals surface area contributed by atoms with Crippen LogP contribution in [0.25, 0.3) is 0 Å². The lowest BCUT2D eigenvalue weighted by atomic mass is 10.6. The van der Waals surface area contributed by atoms with E-state index in [0.29, 0.717) is 0 Å². The van der Waals surface area contributed by atoms with Crippen LogP contribution < -0.4 is 0 Å². The molecule has 1 heteroatoms. The molecule has 0 saturated heterocycles. The van der Waals surface area contributed by atoms with Gasteiger partial charge in [0.25, 0.3) is 0 Å². The van der Waals surface area contributed by atoms with Crippen LogP contribution in [0, 0.1) is 0 Å². The van der Waals surface area contributed by atoms with Crippen molar-refractivity contribution in [1.29, 1.82) is 0 Å². The highest BCUT2D eigenvalue weighted by molar-refractivity contribution is 4.39. The fourth-order valence-corrected chi connectivity index (χ4v) is 0. The van der Waals surface area contributed by atoms with Gasteiger partial charge in [0.1, 0.15) is 0 Å². The predicted molar refractivity (Wildman–Crippen MR) is 27.3 cm³/mol. The Hall–Kier alpha value is -0.330. The van der Waals surface area contributed by atoms with Crippen molar-refractivity contribution in [2.45, 2.75) is 20.3 Å². The average molecular weight is 90.1 g/mol. The van der Waals surface area contributed by atoms with Crippen molar-refractivity contribution in [3.8, 4) is 0 Å². The van der Waals surface area contributed by atoms with Crippen molar-refractivity contribution in [3.05, 3.63) is 12.9 Å². The first kappa shape index (κ1) is 9.18. The minimum Gasteiger partial charge on any atom is -0.216 e. The van der Waals surface area contributed by atoms with Crippen LogP contribution in [0.3, 0.4) is 0 Å². The molecule has 38 valence electrons. The fourth-order valence-electron chi connectivity index (χ4n) is 0. The second kappa shape index (κ2) is 22.6. The maximum absolute atomic E-state index is 10.1. The second-order valence-corrected chi connectivity index (χ2v) is 0.861. The summed E-state index contributed by atoms with van der Waals surface area (Å²) in [4.78, 5) is 0. The summed E-state index contributed by atoms with van der Waals surface area (Å²) < 4.78 is 10.1. The molecule has 0 unspecified atom stereocenters. The van der Waals surface area contributed by atoms with E-state index in [9.17, 15) is 4.39 Å². The van der Waals surface area contributed by atoms with Crippen LogP contribution in [0.2, 0.25) is 0 Å². The summed E-state index contributed by atoms with van der Waals surface area (Å²) in [6.07, 6.45) is 1.50. The summed E-state index contributed by atoms with van der Waals surface area (Å²) >= 11 is 0. The van der Waals surface area contributed by atoms with Crippen molar-refractivity contribution < 1.29 is 4.39 Å². The van der Waals surface area contributed by atoms with Gasteiger partial charge in [-0.25, -0.2) is 4.39 Å². The number of hydrogen-bond donors (Lipinski definition) is 0. The maximum atomic E-state index is 10.1. The first-order valence-corrected chi connectivity index (χ1v) is 2.04. The van der Waals surface area contributed by atoms with Gasteiger partial charge in [-0.05, 0) is 0 Å². The Balaban J connectivity index is 0. The first-order chi connectivity index (χ1) is 2.83. The van der Waals surface area contributed by atoms with Gasteiger partial charge >= 0.3 is 0 Å². The van der Waals surface area contributed by atoms with Gasteiger partial charge in [0.15, 0.2) is 0 Å². The topological polar surface area (TPSA) is 0 Å². The minimum absolute atomic E-state index is 0.250. The monoisotopic (exact) mass is 90.1 g/mol. The van der Waals surface area contributed by atoms with E-state index in [1.54, 1.807) is 0 Å². The van der Waals surface area contributed by atoms with E-state index in [2.05, 4.69) is 20.4 Å². The lowest BCUT2D eigenvalue weighted by Gasteiger charge is -1.48. The van der Waals surface area contributed by atoms with E-state index >= 15 is 0 Å².